The number of methoxy groups -OCH3 is 1. The molecule has 0 unspecified atom stereocenters. The molecule has 0 amide bonds. The summed E-state index contributed by atoms with van der Waals surface area (Å²) < 4.78 is 11.2. The van der Waals surface area contributed by atoms with E-state index in [1.807, 2.05) is 6.07 Å². The number of hydrogen-bond acceptors (Lipinski definition) is 4. The van der Waals surface area contributed by atoms with E-state index in [1.54, 1.807) is 63.2 Å². The molecule has 0 saturated carbocycles. The molecule has 0 aliphatic rings. The number of carbonyl (C=O) groups excluding carboxylic acids is 1. The van der Waals surface area contributed by atoms with E-state index in [4.69, 9.17) is 32.7 Å². The van der Waals surface area contributed by atoms with Crippen molar-refractivity contribution in [3.63, 3.8) is 0 Å². The van der Waals surface area contributed by atoms with E-state index >= 15 is 0 Å². The Bertz CT molecular complexity index is 933. The molecule has 0 aliphatic heterocycles. The number of benzene rings is 2. The molecular formula is C22H21Cl2NO3. The normalized spacial score (nSPS) is 11.7. The molecule has 0 aromatic heterocycles. The van der Waals surface area contributed by atoms with Crippen LogP contribution >= 0.6 is 23.2 Å². The lowest BCUT2D eigenvalue weighted by Crippen LogP contribution is -2.21. The lowest BCUT2D eigenvalue weighted by Gasteiger charge is -2.16. The van der Waals surface area contributed by atoms with Gasteiger partial charge in [-0.3, -0.25) is 4.79 Å². The first-order valence-corrected chi connectivity index (χ1v) is 9.33. The summed E-state index contributed by atoms with van der Waals surface area (Å²) in [5.41, 5.74) is 0.794. The molecule has 2 aromatic rings. The number of ketones is 1. The number of ether oxygens (including phenoxy) is 2. The second kappa shape index (κ2) is 9.14. The van der Waals surface area contributed by atoms with Crippen LogP contribution in [0.2, 0.25) is 10.0 Å². The number of halogens is 2. The van der Waals surface area contributed by atoms with Crippen LogP contribution in [0, 0.1) is 16.7 Å². The summed E-state index contributed by atoms with van der Waals surface area (Å²) in [5, 5.41) is 10.4. The Labute approximate surface area is 175 Å². The lowest BCUT2D eigenvalue weighted by atomic mass is 9.86. The molecule has 2 rings (SSSR count). The van der Waals surface area contributed by atoms with Crippen LogP contribution < -0.4 is 9.47 Å². The number of carbonyl (C=O) groups is 1. The Morgan fingerprint density at radius 2 is 1.79 bits per heavy atom. The van der Waals surface area contributed by atoms with Crippen molar-refractivity contribution in [2.45, 2.75) is 27.4 Å². The van der Waals surface area contributed by atoms with E-state index in [1.165, 1.54) is 7.11 Å². The maximum absolute atomic E-state index is 12.4. The highest BCUT2D eigenvalue weighted by molar-refractivity contribution is 6.35. The number of hydrogen-bond donors (Lipinski definition) is 0. The molecule has 0 heterocycles. The van der Waals surface area contributed by atoms with Gasteiger partial charge in [-0.2, -0.15) is 5.26 Å². The zero-order valence-electron chi connectivity index (χ0n) is 16.2. The summed E-state index contributed by atoms with van der Waals surface area (Å²) in [6.07, 6.45) is 1.55. The number of nitriles is 1. The second-order valence-electron chi connectivity index (χ2n) is 7.15. The van der Waals surface area contributed by atoms with E-state index in [-0.39, 0.29) is 18.0 Å². The maximum atomic E-state index is 12.4. The number of nitrogens with zero attached hydrogens (tertiary/aromatic N) is 1. The van der Waals surface area contributed by atoms with Gasteiger partial charge in [0.2, 0.25) is 0 Å². The van der Waals surface area contributed by atoms with Crippen molar-refractivity contribution in [2.24, 2.45) is 5.41 Å². The maximum Gasteiger partial charge on any atom is 0.178 e. The smallest absolute Gasteiger partial charge is 0.178 e. The zero-order chi connectivity index (χ0) is 20.9. The Morgan fingerprint density at radius 3 is 2.32 bits per heavy atom. The van der Waals surface area contributed by atoms with Crippen molar-refractivity contribution in [3.05, 3.63) is 63.1 Å². The summed E-state index contributed by atoms with van der Waals surface area (Å²) in [6, 6.07) is 12.4. The molecule has 0 bridgehead atoms. The van der Waals surface area contributed by atoms with Gasteiger partial charge in [-0.25, -0.2) is 0 Å². The predicted octanol–water partition coefficient (Wildman–Crippen LogP) is 6.10. The number of Topliss-reactive ketones (excluding diaryl/α,β-unsaturated/α-hetero) is 1. The quantitative estimate of drug-likeness (QED) is 0.420. The standard InChI is InChI=1S/C22H21Cl2NO3/c1-22(2,3)21(26)15(12-25)10-14-8-9-19(20(11-14)27-4)28-13-16-17(23)6-5-7-18(16)24/h5-11H,13H2,1-4H3. The molecule has 0 aliphatic carbocycles. The van der Waals surface area contributed by atoms with Crippen molar-refractivity contribution in [2.75, 3.05) is 7.11 Å². The highest BCUT2D eigenvalue weighted by Gasteiger charge is 2.25. The summed E-state index contributed by atoms with van der Waals surface area (Å²) in [6.45, 7) is 5.50. The Kier molecular flexibility index (Phi) is 7.12. The van der Waals surface area contributed by atoms with E-state index in [2.05, 4.69) is 0 Å². The van der Waals surface area contributed by atoms with Crippen LogP contribution in [-0.4, -0.2) is 12.9 Å². The molecule has 146 valence electrons. The molecule has 0 fully saturated rings. The fourth-order valence-electron chi connectivity index (χ4n) is 2.43. The Morgan fingerprint density at radius 1 is 1.14 bits per heavy atom. The third-order valence-electron chi connectivity index (χ3n) is 3.98. The van der Waals surface area contributed by atoms with E-state index in [0.29, 0.717) is 32.7 Å². The predicted molar refractivity (Wildman–Crippen MR) is 112 cm³/mol. The minimum atomic E-state index is -0.636. The van der Waals surface area contributed by atoms with Crippen LogP contribution in [0.3, 0.4) is 0 Å². The molecule has 6 heteroatoms. The highest BCUT2D eigenvalue weighted by atomic mass is 35.5. The van der Waals surface area contributed by atoms with Crippen molar-refractivity contribution in [1.29, 1.82) is 5.26 Å². The molecule has 0 spiro atoms. The molecule has 4 nitrogen and oxygen atoms in total. The van der Waals surface area contributed by atoms with E-state index in [0.717, 1.165) is 0 Å². The van der Waals surface area contributed by atoms with Gasteiger partial charge in [-0.1, -0.05) is 56.1 Å². The van der Waals surface area contributed by atoms with Crippen molar-refractivity contribution in [1.82, 2.24) is 0 Å². The van der Waals surface area contributed by atoms with Crippen LogP contribution in [0.1, 0.15) is 31.9 Å². The minimum absolute atomic E-state index is 0.0890. The van der Waals surface area contributed by atoms with Gasteiger partial charge in [0.05, 0.1) is 12.7 Å². The van der Waals surface area contributed by atoms with Gasteiger partial charge in [0, 0.05) is 21.0 Å². The molecule has 0 atom stereocenters. The average molecular weight is 418 g/mol. The molecule has 2 aromatic carbocycles. The van der Waals surface area contributed by atoms with Crippen molar-refractivity contribution >= 4 is 35.1 Å². The fourth-order valence-corrected chi connectivity index (χ4v) is 2.94. The summed E-state index contributed by atoms with van der Waals surface area (Å²) in [7, 11) is 1.52. The molecule has 0 radical (unpaired) electrons. The first kappa shape index (κ1) is 21.8. The second-order valence-corrected chi connectivity index (χ2v) is 7.96. The van der Waals surface area contributed by atoms with Crippen LogP contribution in [0.5, 0.6) is 11.5 Å². The zero-order valence-corrected chi connectivity index (χ0v) is 17.7. The van der Waals surface area contributed by atoms with E-state index < -0.39 is 5.41 Å². The van der Waals surface area contributed by atoms with E-state index in [9.17, 15) is 10.1 Å². The van der Waals surface area contributed by atoms with Crippen LogP contribution in [0.4, 0.5) is 0 Å². The van der Waals surface area contributed by atoms with Gasteiger partial charge in [0.25, 0.3) is 0 Å². The number of allylic oxidation sites excluding steroid dienone is 1. The van der Waals surface area contributed by atoms with Gasteiger partial charge in [-0.05, 0) is 35.9 Å². The molecule has 28 heavy (non-hydrogen) atoms. The SMILES string of the molecule is COc1cc(C=C(C#N)C(=O)C(C)(C)C)ccc1OCc1c(Cl)cccc1Cl. The Balaban J connectivity index is 2.28. The van der Waals surface area contributed by atoms with Gasteiger partial charge < -0.3 is 9.47 Å². The van der Waals surface area contributed by atoms with Crippen molar-refractivity contribution in [3.8, 4) is 17.6 Å². The van der Waals surface area contributed by atoms with Gasteiger partial charge >= 0.3 is 0 Å². The van der Waals surface area contributed by atoms with Crippen LogP contribution in [-0.2, 0) is 11.4 Å². The Hall–Kier alpha value is -2.48. The third kappa shape index (κ3) is 5.28. The first-order chi connectivity index (χ1) is 13.2. The van der Waals surface area contributed by atoms with Gasteiger partial charge in [0.1, 0.15) is 12.7 Å². The average Bonchev–Trinajstić information content (AvgIpc) is 2.65. The lowest BCUT2D eigenvalue weighted by molar-refractivity contribution is -0.121. The summed E-state index contributed by atoms with van der Waals surface area (Å²) in [4.78, 5) is 12.4. The topological polar surface area (TPSA) is 59.3 Å². The monoisotopic (exact) mass is 417 g/mol. The molecular weight excluding hydrogens is 397 g/mol. The largest absolute Gasteiger partial charge is 0.493 e. The van der Waals surface area contributed by atoms with Gasteiger partial charge in [-0.15, -0.1) is 0 Å². The minimum Gasteiger partial charge on any atom is -0.493 e. The number of rotatable bonds is 6. The third-order valence-corrected chi connectivity index (χ3v) is 4.69. The summed E-state index contributed by atoms with van der Waals surface area (Å²) in [5.74, 6) is 0.747. The van der Waals surface area contributed by atoms with Gasteiger partial charge in [0.15, 0.2) is 17.3 Å². The van der Waals surface area contributed by atoms with Crippen molar-refractivity contribution < 1.29 is 14.3 Å². The van der Waals surface area contributed by atoms with Crippen LogP contribution in [0.25, 0.3) is 6.08 Å². The molecule has 0 N–H and O–H groups in total. The summed E-state index contributed by atoms with van der Waals surface area (Å²) >= 11 is 12.3. The highest BCUT2D eigenvalue weighted by Crippen LogP contribution is 2.32. The fraction of sp³-hybridized carbons (Fsp3) is 0.273. The molecule has 0 saturated heterocycles. The first-order valence-electron chi connectivity index (χ1n) is 8.57. The van der Waals surface area contributed by atoms with Crippen LogP contribution in [0.15, 0.2) is 42.0 Å².